The molecule has 0 bridgehead atoms. The molecule has 1 aromatic carbocycles. The zero-order valence-corrected chi connectivity index (χ0v) is 14.5. The van der Waals surface area contributed by atoms with E-state index in [0.29, 0.717) is 34.4 Å². The Morgan fingerprint density at radius 3 is 2.71 bits per heavy atom. The minimum Gasteiger partial charge on any atom is -0.372 e. The van der Waals surface area contributed by atoms with Crippen LogP contribution in [0.5, 0.6) is 0 Å². The number of ether oxygens (including phenoxy) is 1. The van der Waals surface area contributed by atoms with Gasteiger partial charge in [-0.1, -0.05) is 11.6 Å². The average Bonchev–Trinajstić information content (AvgIpc) is 2.99. The maximum atomic E-state index is 12.0. The molecule has 1 aliphatic heterocycles. The predicted octanol–water partition coefficient (Wildman–Crippen LogP) is 1.93. The van der Waals surface area contributed by atoms with Crippen molar-refractivity contribution in [3.05, 3.63) is 40.5 Å². The highest BCUT2D eigenvalue weighted by Gasteiger charge is 2.33. The van der Waals surface area contributed by atoms with Gasteiger partial charge in [0.1, 0.15) is 12.4 Å². The molecular weight excluding hydrogens is 354 g/mol. The van der Waals surface area contributed by atoms with Gasteiger partial charge in [0, 0.05) is 17.2 Å². The second kappa shape index (κ2) is 6.54. The third-order valence-electron chi connectivity index (χ3n) is 3.55. The van der Waals surface area contributed by atoms with Crippen LogP contribution in [0.3, 0.4) is 0 Å². The largest absolute Gasteiger partial charge is 0.372 e. The van der Waals surface area contributed by atoms with Gasteiger partial charge in [0.15, 0.2) is 9.84 Å². The molecular formula is C15H16ClN3O4S. The molecule has 2 heterocycles. The fourth-order valence-corrected chi connectivity index (χ4v) is 4.12. The summed E-state index contributed by atoms with van der Waals surface area (Å²) >= 11 is 5.90. The molecule has 0 spiro atoms. The molecule has 1 aliphatic rings. The van der Waals surface area contributed by atoms with E-state index < -0.39 is 9.84 Å². The number of benzene rings is 1. The van der Waals surface area contributed by atoms with Gasteiger partial charge in [0.2, 0.25) is 0 Å². The van der Waals surface area contributed by atoms with Crippen LogP contribution in [0.15, 0.2) is 24.3 Å². The Morgan fingerprint density at radius 1 is 1.33 bits per heavy atom. The Bertz CT molecular complexity index is 875. The van der Waals surface area contributed by atoms with Crippen molar-refractivity contribution in [2.45, 2.75) is 18.4 Å². The van der Waals surface area contributed by atoms with Crippen molar-refractivity contribution in [3.63, 3.8) is 0 Å². The van der Waals surface area contributed by atoms with E-state index in [9.17, 15) is 13.2 Å². The summed E-state index contributed by atoms with van der Waals surface area (Å²) in [5.74, 6) is -0.269. The van der Waals surface area contributed by atoms with E-state index in [1.807, 2.05) is 0 Å². The van der Waals surface area contributed by atoms with E-state index in [0.717, 1.165) is 0 Å². The fraction of sp³-hybridized carbons (Fsp3) is 0.333. The maximum Gasteiger partial charge on any atom is 0.251 e. The van der Waals surface area contributed by atoms with E-state index in [2.05, 4.69) is 10.4 Å². The Hall–Kier alpha value is -1.90. The van der Waals surface area contributed by atoms with Gasteiger partial charge in [-0.05, 0) is 31.2 Å². The summed E-state index contributed by atoms with van der Waals surface area (Å²) in [7, 11) is -3.22. The Morgan fingerprint density at radius 2 is 2.04 bits per heavy atom. The van der Waals surface area contributed by atoms with Crippen molar-refractivity contribution < 1.29 is 17.9 Å². The van der Waals surface area contributed by atoms with Gasteiger partial charge in [0.25, 0.3) is 5.91 Å². The fourth-order valence-electron chi connectivity index (χ4n) is 2.50. The highest BCUT2D eigenvalue weighted by molar-refractivity contribution is 7.90. The van der Waals surface area contributed by atoms with Gasteiger partial charge < -0.3 is 10.1 Å². The van der Waals surface area contributed by atoms with Gasteiger partial charge in [-0.3, -0.25) is 4.79 Å². The molecule has 128 valence electrons. The van der Waals surface area contributed by atoms with E-state index in [1.54, 1.807) is 31.2 Å². The lowest BCUT2D eigenvalue weighted by Gasteiger charge is -2.11. The second-order valence-corrected chi connectivity index (χ2v) is 7.88. The summed E-state index contributed by atoms with van der Waals surface area (Å²) in [5, 5.41) is 7.65. The number of aromatic nitrogens is 2. The first kappa shape index (κ1) is 16.9. The summed E-state index contributed by atoms with van der Waals surface area (Å²) in [6.45, 7) is 2.09. The molecule has 9 heteroatoms. The molecule has 0 saturated carbocycles. The number of sulfone groups is 1. The first-order chi connectivity index (χ1) is 11.4. The third-order valence-corrected chi connectivity index (χ3v) is 5.25. The predicted molar refractivity (Wildman–Crippen MR) is 90.0 cm³/mol. The number of halogens is 1. The number of nitrogens with zero attached hydrogens (tertiary/aromatic N) is 2. The standard InChI is InChI=1S/C15H16ClN3O4S/c1-2-23-7-14(20)17-15-12-8-24(21,22)9-13(12)18-19(15)11-5-3-10(16)4-6-11/h3-6H,2,7-9H2,1H3,(H,17,20). The van der Waals surface area contributed by atoms with Gasteiger partial charge in [-0.15, -0.1) is 0 Å². The molecule has 1 aromatic heterocycles. The maximum absolute atomic E-state index is 12.0. The van der Waals surface area contributed by atoms with E-state index in [-0.39, 0.29) is 24.0 Å². The molecule has 24 heavy (non-hydrogen) atoms. The molecule has 7 nitrogen and oxygen atoms in total. The molecule has 3 rings (SSSR count). The minimum absolute atomic E-state index is 0.107. The number of carbonyl (C=O) groups is 1. The zero-order chi connectivity index (χ0) is 17.3. The number of fused-ring (bicyclic) bond motifs is 1. The Balaban J connectivity index is 2.00. The number of rotatable bonds is 5. The monoisotopic (exact) mass is 369 g/mol. The third kappa shape index (κ3) is 3.45. The summed E-state index contributed by atoms with van der Waals surface area (Å²) in [6, 6.07) is 6.90. The smallest absolute Gasteiger partial charge is 0.251 e. The molecule has 1 amide bonds. The van der Waals surface area contributed by atoms with Crippen molar-refractivity contribution in [2.24, 2.45) is 0 Å². The summed E-state index contributed by atoms with van der Waals surface area (Å²) in [4.78, 5) is 12.0. The Kier molecular flexibility index (Phi) is 4.62. The second-order valence-electron chi connectivity index (χ2n) is 5.38. The first-order valence-corrected chi connectivity index (χ1v) is 9.54. The van der Waals surface area contributed by atoms with Crippen LogP contribution in [0.25, 0.3) is 5.69 Å². The first-order valence-electron chi connectivity index (χ1n) is 7.34. The number of nitrogens with one attached hydrogen (secondary N) is 1. The summed E-state index contributed by atoms with van der Waals surface area (Å²) in [6.07, 6.45) is 0. The lowest BCUT2D eigenvalue weighted by Crippen LogP contribution is -2.21. The Labute approximate surface area is 144 Å². The number of anilines is 1. The number of hydrogen-bond acceptors (Lipinski definition) is 5. The van der Waals surface area contributed by atoms with Crippen LogP contribution in [-0.2, 0) is 30.9 Å². The number of amides is 1. The summed E-state index contributed by atoms with van der Waals surface area (Å²) < 4.78 is 30.3. The number of carbonyl (C=O) groups excluding carboxylic acids is 1. The van der Waals surface area contributed by atoms with Gasteiger partial charge in [0.05, 0.1) is 22.9 Å². The highest BCUT2D eigenvalue weighted by atomic mass is 35.5. The molecule has 0 atom stereocenters. The van der Waals surface area contributed by atoms with Crippen LogP contribution in [0.4, 0.5) is 5.82 Å². The van der Waals surface area contributed by atoms with E-state index in [4.69, 9.17) is 16.3 Å². The van der Waals surface area contributed by atoms with Crippen molar-refractivity contribution >= 4 is 33.2 Å². The molecule has 2 aromatic rings. The quantitative estimate of drug-likeness (QED) is 0.869. The van der Waals surface area contributed by atoms with Crippen LogP contribution in [0, 0.1) is 0 Å². The van der Waals surface area contributed by atoms with Crippen LogP contribution in [0.1, 0.15) is 18.2 Å². The van der Waals surface area contributed by atoms with Gasteiger partial charge >= 0.3 is 0 Å². The van der Waals surface area contributed by atoms with Crippen LogP contribution < -0.4 is 5.32 Å². The molecule has 0 unspecified atom stereocenters. The minimum atomic E-state index is -3.22. The van der Waals surface area contributed by atoms with E-state index >= 15 is 0 Å². The molecule has 0 saturated heterocycles. The highest BCUT2D eigenvalue weighted by Crippen LogP contribution is 2.33. The normalized spacial score (nSPS) is 15.2. The van der Waals surface area contributed by atoms with Crippen molar-refractivity contribution in [2.75, 3.05) is 18.5 Å². The lowest BCUT2D eigenvalue weighted by atomic mass is 10.2. The van der Waals surface area contributed by atoms with Crippen LogP contribution in [-0.4, -0.2) is 37.3 Å². The van der Waals surface area contributed by atoms with Crippen molar-refractivity contribution in [3.8, 4) is 5.69 Å². The van der Waals surface area contributed by atoms with Crippen molar-refractivity contribution in [1.82, 2.24) is 9.78 Å². The zero-order valence-electron chi connectivity index (χ0n) is 13.0. The van der Waals surface area contributed by atoms with Crippen LogP contribution in [0.2, 0.25) is 5.02 Å². The number of hydrogen-bond donors (Lipinski definition) is 1. The lowest BCUT2D eigenvalue weighted by molar-refractivity contribution is -0.120. The van der Waals surface area contributed by atoms with Gasteiger partial charge in [-0.2, -0.15) is 5.10 Å². The summed E-state index contributed by atoms with van der Waals surface area (Å²) in [5.41, 5.74) is 1.66. The molecule has 1 N–H and O–H groups in total. The molecule has 0 radical (unpaired) electrons. The molecule has 0 fully saturated rings. The van der Waals surface area contributed by atoms with Crippen molar-refractivity contribution in [1.29, 1.82) is 0 Å². The average molecular weight is 370 g/mol. The van der Waals surface area contributed by atoms with Crippen LogP contribution >= 0.6 is 11.6 Å². The SMILES string of the molecule is CCOCC(=O)Nc1c2c(nn1-c1ccc(Cl)cc1)CS(=O)(=O)C2. The topological polar surface area (TPSA) is 90.3 Å². The van der Waals surface area contributed by atoms with E-state index in [1.165, 1.54) is 4.68 Å². The molecule has 0 aliphatic carbocycles. The van der Waals surface area contributed by atoms with Gasteiger partial charge in [-0.25, -0.2) is 13.1 Å².